The molecule has 9 heavy (non-hydrogen) atoms. The van der Waals surface area contributed by atoms with Crippen molar-refractivity contribution in [1.82, 2.24) is 4.98 Å². The zero-order valence-electron chi connectivity index (χ0n) is 4.82. The van der Waals surface area contributed by atoms with E-state index in [9.17, 15) is 0 Å². The zero-order chi connectivity index (χ0) is 6.85. The van der Waals surface area contributed by atoms with Gasteiger partial charge in [-0.15, -0.1) is 0 Å². The molecule has 0 aliphatic carbocycles. The number of hydrogen-bond donors (Lipinski definition) is 0. The van der Waals surface area contributed by atoms with Crippen LogP contribution in [0.5, 0.6) is 0 Å². The minimum Gasteiger partial charge on any atom is -0.228 e. The average Bonchev–Trinajstić information content (AvgIpc) is 2.10. The summed E-state index contributed by atoms with van der Waals surface area (Å²) >= 11 is 12.6. The summed E-state index contributed by atoms with van der Waals surface area (Å²) < 4.78 is 1.24. The first-order valence-electron chi connectivity index (χ1n) is 2.54. The quantitative estimate of drug-likeness (QED) is 0.650. The lowest BCUT2D eigenvalue weighted by atomic mass is 10.4. The first kappa shape index (κ1) is 7.32. The molecule has 1 aromatic heterocycles. The highest BCUT2D eigenvalue weighted by Crippen LogP contribution is 2.27. The Labute approximate surface area is 67.6 Å². The highest BCUT2D eigenvalue weighted by atomic mass is 35.5. The van der Waals surface area contributed by atoms with Gasteiger partial charge in [-0.05, 0) is 6.42 Å². The van der Waals surface area contributed by atoms with Crippen molar-refractivity contribution in [2.24, 2.45) is 0 Å². The van der Waals surface area contributed by atoms with Gasteiger partial charge in [0, 0.05) is 0 Å². The number of aryl methyl sites for hydroxylation is 1. The molecule has 1 heterocycles. The molecule has 0 radical (unpaired) electrons. The van der Waals surface area contributed by atoms with Crippen LogP contribution in [-0.2, 0) is 6.42 Å². The Hall–Kier alpha value is 0.210. The van der Waals surface area contributed by atoms with Crippen LogP contribution in [0.1, 0.15) is 12.6 Å². The summed E-state index contributed by atoms with van der Waals surface area (Å²) in [5.74, 6) is 0. The van der Waals surface area contributed by atoms with Crippen LogP contribution in [0, 0.1) is 0 Å². The maximum atomic E-state index is 5.72. The van der Waals surface area contributed by atoms with E-state index in [1.807, 2.05) is 6.92 Å². The molecule has 0 spiro atoms. The molecule has 1 rings (SSSR count). The van der Waals surface area contributed by atoms with Crippen molar-refractivity contribution in [3.05, 3.63) is 14.5 Å². The van der Waals surface area contributed by atoms with Gasteiger partial charge in [0.1, 0.15) is 4.34 Å². The van der Waals surface area contributed by atoms with E-state index in [2.05, 4.69) is 4.98 Å². The van der Waals surface area contributed by atoms with Gasteiger partial charge < -0.3 is 0 Å². The van der Waals surface area contributed by atoms with Crippen molar-refractivity contribution in [3.63, 3.8) is 0 Å². The van der Waals surface area contributed by atoms with Crippen LogP contribution in [-0.4, -0.2) is 4.98 Å². The monoisotopic (exact) mass is 181 g/mol. The summed E-state index contributed by atoms with van der Waals surface area (Å²) in [5.41, 5.74) is 0.895. The predicted octanol–water partition coefficient (Wildman–Crippen LogP) is 3.01. The maximum absolute atomic E-state index is 5.72. The number of thiazole rings is 1. The fourth-order valence-electron chi connectivity index (χ4n) is 0.524. The van der Waals surface area contributed by atoms with E-state index in [1.165, 1.54) is 11.3 Å². The van der Waals surface area contributed by atoms with E-state index in [-0.39, 0.29) is 0 Å². The second kappa shape index (κ2) is 2.86. The fourth-order valence-corrected chi connectivity index (χ4v) is 1.98. The molecule has 50 valence electrons. The average molecular weight is 182 g/mol. The second-order valence-electron chi connectivity index (χ2n) is 1.54. The van der Waals surface area contributed by atoms with Crippen LogP contribution in [0.4, 0.5) is 0 Å². The highest BCUT2D eigenvalue weighted by molar-refractivity contribution is 7.19. The van der Waals surface area contributed by atoms with Crippen LogP contribution in [0.2, 0.25) is 8.80 Å². The van der Waals surface area contributed by atoms with E-state index < -0.39 is 0 Å². The molecular weight excluding hydrogens is 177 g/mol. The van der Waals surface area contributed by atoms with Gasteiger partial charge in [0.15, 0.2) is 4.47 Å². The summed E-state index contributed by atoms with van der Waals surface area (Å²) in [7, 11) is 0. The summed E-state index contributed by atoms with van der Waals surface area (Å²) in [6.07, 6.45) is 0.849. The Bertz CT molecular complexity index is 209. The SMILES string of the molecule is CCc1nc(Cl)sc1Cl. The molecule has 0 aliphatic rings. The topological polar surface area (TPSA) is 12.9 Å². The molecule has 0 aliphatic heterocycles. The number of rotatable bonds is 1. The van der Waals surface area contributed by atoms with Crippen LogP contribution >= 0.6 is 34.5 Å². The van der Waals surface area contributed by atoms with Crippen LogP contribution in [0.3, 0.4) is 0 Å². The lowest BCUT2D eigenvalue weighted by Gasteiger charge is -1.83. The van der Waals surface area contributed by atoms with Gasteiger partial charge in [-0.2, -0.15) is 0 Å². The molecule has 0 unspecified atom stereocenters. The molecule has 0 saturated heterocycles. The van der Waals surface area contributed by atoms with Gasteiger partial charge in [-0.3, -0.25) is 0 Å². The maximum Gasteiger partial charge on any atom is 0.185 e. The second-order valence-corrected chi connectivity index (χ2v) is 3.72. The van der Waals surface area contributed by atoms with E-state index in [1.54, 1.807) is 0 Å². The summed E-state index contributed by atoms with van der Waals surface area (Å²) in [6.45, 7) is 2.00. The third kappa shape index (κ3) is 1.57. The zero-order valence-corrected chi connectivity index (χ0v) is 7.15. The van der Waals surface area contributed by atoms with Gasteiger partial charge >= 0.3 is 0 Å². The van der Waals surface area contributed by atoms with E-state index in [4.69, 9.17) is 23.2 Å². The van der Waals surface area contributed by atoms with Crippen molar-refractivity contribution >= 4 is 34.5 Å². The van der Waals surface area contributed by atoms with Crippen molar-refractivity contribution in [1.29, 1.82) is 0 Å². The smallest absolute Gasteiger partial charge is 0.185 e. The third-order valence-electron chi connectivity index (χ3n) is 0.958. The predicted molar refractivity (Wildman–Crippen MR) is 41.5 cm³/mol. The lowest BCUT2D eigenvalue weighted by molar-refractivity contribution is 1.06. The number of nitrogens with zero attached hydrogens (tertiary/aromatic N) is 1. The van der Waals surface area contributed by atoms with Crippen LogP contribution < -0.4 is 0 Å². The Balaban J connectivity index is 3.01. The molecule has 1 nitrogen and oxygen atoms in total. The van der Waals surface area contributed by atoms with Crippen molar-refractivity contribution < 1.29 is 0 Å². The largest absolute Gasteiger partial charge is 0.228 e. The lowest BCUT2D eigenvalue weighted by Crippen LogP contribution is -1.77. The third-order valence-corrected chi connectivity index (χ3v) is 2.40. The highest BCUT2D eigenvalue weighted by Gasteiger charge is 2.03. The van der Waals surface area contributed by atoms with Gasteiger partial charge in [-0.25, -0.2) is 4.98 Å². The molecule has 0 saturated carbocycles. The standard InChI is InChI=1S/C5H5Cl2NS/c1-2-3-4(6)9-5(7)8-3/h2H2,1H3. The minimum atomic E-state index is 0.525. The summed E-state index contributed by atoms with van der Waals surface area (Å²) in [6, 6.07) is 0. The number of hydrogen-bond acceptors (Lipinski definition) is 2. The summed E-state index contributed by atoms with van der Waals surface area (Å²) in [4.78, 5) is 3.98. The Morgan fingerprint density at radius 2 is 2.22 bits per heavy atom. The molecule has 0 bridgehead atoms. The molecule has 4 heteroatoms. The van der Waals surface area contributed by atoms with E-state index in [0.717, 1.165) is 12.1 Å². The Morgan fingerprint density at radius 1 is 1.56 bits per heavy atom. The molecule has 1 aromatic rings. The van der Waals surface area contributed by atoms with Crippen LogP contribution in [0.15, 0.2) is 0 Å². The first-order chi connectivity index (χ1) is 4.24. The molecular formula is C5H5Cl2NS. The van der Waals surface area contributed by atoms with Gasteiger partial charge in [0.25, 0.3) is 0 Å². The Kier molecular flexibility index (Phi) is 2.33. The molecule has 0 fully saturated rings. The molecule has 0 N–H and O–H groups in total. The van der Waals surface area contributed by atoms with Crippen molar-refractivity contribution in [2.45, 2.75) is 13.3 Å². The number of aromatic nitrogens is 1. The van der Waals surface area contributed by atoms with Gasteiger partial charge in [-0.1, -0.05) is 41.5 Å². The van der Waals surface area contributed by atoms with Crippen LogP contribution in [0.25, 0.3) is 0 Å². The van der Waals surface area contributed by atoms with Gasteiger partial charge in [0.05, 0.1) is 5.69 Å². The normalized spacial score (nSPS) is 10.1. The minimum absolute atomic E-state index is 0.525. The summed E-state index contributed by atoms with van der Waals surface area (Å²) in [5, 5.41) is 0. The fraction of sp³-hybridized carbons (Fsp3) is 0.400. The van der Waals surface area contributed by atoms with E-state index >= 15 is 0 Å². The molecule has 0 aromatic carbocycles. The van der Waals surface area contributed by atoms with Crippen molar-refractivity contribution in [2.75, 3.05) is 0 Å². The molecule has 0 atom stereocenters. The molecule has 0 amide bonds. The Morgan fingerprint density at radius 3 is 2.44 bits per heavy atom. The van der Waals surface area contributed by atoms with Gasteiger partial charge in [0.2, 0.25) is 0 Å². The van der Waals surface area contributed by atoms with E-state index in [0.29, 0.717) is 8.80 Å². The van der Waals surface area contributed by atoms with Crippen molar-refractivity contribution in [3.8, 4) is 0 Å². The number of halogens is 2. The first-order valence-corrected chi connectivity index (χ1v) is 4.12.